The quantitative estimate of drug-likeness (QED) is 0.283. The Hall–Kier alpha value is -3.68. The van der Waals surface area contributed by atoms with Gasteiger partial charge in [-0.1, -0.05) is 35.9 Å². The predicted octanol–water partition coefficient (Wildman–Crippen LogP) is 6.28. The van der Waals surface area contributed by atoms with Crippen LogP contribution in [0.4, 0.5) is 11.5 Å². The molecule has 0 spiro atoms. The molecular formula is C31H32ClN5O2. The van der Waals surface area contributed by atoms with Crippen molar-refractivity contribution in [3.63, 3.8) is 0 Å². The molecule has 1 N–H and O–H groups in total. The van der Waals surface area contributed by atoms with Gasteiger partial charge in [-0.05, 0) is 92.4 Å². The van der Waals surface area contributed by atoms with Gasteiger partial charge in [-0.3, -0.25) is 9.69 Å². The fourth-order valence-corrected chi connectivity index (χ4v) is 5.49. The highest BCUT2D eigenvalue weighted by molar-refractivity contribution is 6.30. The van der Waals surface area contributed by atoms with Crippen molar-refractivity contribution >= 4 is 40.0 Å². The number of hydrogen-bond acceptors (Lipinski definition) is 6. The summed E-state index contributed by atoms with van der Waals surface area (Å²) in [5, 5.41) is 3.69. The highest BCUT2D eigenvalue weighted by Gasteiger charge is 2.21. The Labute approximate surface area is 233 Å². The molecule has 2 aliphatic rings. The number of fused-ring (bicyclic) bond motifs is 1. The summed E-state index contributed by atoms with van der Waals surface area (Å²) in [4.78, 5) is 27.5. The van der Waals surface area contributed by atoms with Crippen molar-refractivity contribution in [2.45, 2.75) is 25.7 Å². The van der Waals surface area contributed by atoms with Crippen LogP contribution in [0.2, 0.25) is 5.02 Å². The maximum absolute atomic E-state index is 13.0. The lowest BCUT2D eigenvalue weighted by Gasteiger charge is -2.21. The van der Waals surface area contributed by atoms with Crippen molar-refractivity contribution in [2.75, 3.05) is 49.5 Å². The molecule has 2 aliphatic heterocycles. The van der Waals surface area contributed by atoms with Crippen LogP contribution in [0.25, 0.3) is 22.2 Å². The van der Waals surface area contributed by atoms with Crippen molar-refractivity contribution in [1.29, 1.82) is 0 Å². The van der Waals surface area contributed by atoms with Crippen LogP contribution in [0.5, 0.6) is 5.88 Å². The first-order chi connectivity index (χ1) is 19.1. The third-order valence-electron chi connectivity index (χ3n) is 7.43. The Morgan fingerprint density at radius 1 is 0.846 bits per heavy atom. The first-order valence-corrected chi connectivity index (χ1v) is 14.1. The third-order valence-corrected chi connectivity index (χ3v) is 7.66. The molecule has 8 heteroatoms. The zero-order chi connectivity index (χ0) is 26.6. The number of hydrogen-bond donors (Lipinski definition) is 1. The lowest BCUT2D eigenvalue weighted by molar-refractivity contribution is 0.102. The molecule has 6 rings (SSSR count). The summed E-state index contributed by atoms with van der Waals surface area (Å²) in [6.07, 6.45) is 4.81. The van der Waals surface area contributed by atoms with Gasteiger partial charge >= 0.3 is 0 Å². The van der Waals surface area contributed by atoms with E-state index in [0.29, 0.717) is 28.8 Å². The standard InChI is InChI=1S/C31H32ClN5O2/c32-25-7-5-6-24(20-25)22-8-10-23(11-9-22)30(38)33-26-12-13-27-28(21-26)34-29(37-16-3-4-17-37)31(35-27)39-19-18-36-14-1-2-15-36/h5-13,20-21H,1-4,14-19H2,(H,33,38). The SMILES string of the molecule is O=C(Nc1ccc2nc(OCCN3CCCC3)c(N3CCCC3)nc2c1)c1ccc(-c2cccc(Cl)c2)cc1. The first kappa shape index (κ1) is 25.6. The number of carbonyl (C=O) groups excluding carboxylic acids is 1. The van der Waals surface area contributed by atoms with E-state index in [0.717, 1.165) is 73.5 Å². The molecule has 0 unspecified atom stereocenters. The number of benzene rings is 3. The van der Waals surface area contributed by atoms with E-state index in [4.69, 9.17) is 26.3 Å². The molecule has 4 aromatic rings. The summed E-state index contributed by atoms with van der Waals surface area (Å²) in [7, 11) is 0. The van der Waals surface area contributed by atoms with E-state index in [9.17, 15) is 4.79 Å². The van der Waals surface area contributed by atoms with Gasteiger partial charge in [-0.15, -0.1) is 0 Å². The molecule has 7 nitrogen and oxygen atoms in total. The van der Waals surface area contributed by atoms with Crippen LogP contribution < -0.4 is 15.0 Å². The van der Waals surface area contributed by atoms with Crippen molar-refractivity contribution < 1.29 is 9.53 Å². The van der Waals surface area contributed by atoms with Gasteiger partial charge in [0.15, 0.2) is 5.82 Å². The highest BCUT2D eigenvalue weighted by atomic mass is 35.5. The van der Waals surface area contributed by atoms with E-state index >= 15 is 0 Å². The molecule has 39 heavy (non-hydrogen) atoms. The number of amides is 1. The van der Waals surface area contributed by atoms with Gasteiger partial charge in [0, 0.05) is 35.9 Å². The first-order valence-electron chi connectivity index (χ1n) is 13.7. The Bertz CT molecular complexity index is 1460. The van der Waals surface area contributed by atoms with Crippen LogP contribution in [0.1, 0.15) is 36.0 Å². The minimum absolute atomic E-state index is 0.179. The molecule has 0 aliphatic carbocycles. The van der Waals surface area contributed by atoms with Gasteiger partial charge in [-0.25, -0.2) is 9.97 Å². The molecular weight excluding hydrogens is 510 g/mol. The number of nitrogens with zero attached hydrogens (tertiary/aromatic N) is 4. The Morgan fingerprint density at radius 3 is 2.38 bits per heavy atom. The second-order valence-electron chi connectivity index (χ2n) is 10.2. The summed E-state index contributed by atoms with van der Waals surface area (Å²) in [5.41, 5.74) is 4.75. The van der Waals surface area contributed by atoms with E-state index in [1.807, 2.05) is 66.7 Å². The number of carbonyl (C=O) groups is 1. The summed E-state index contributed by atoms with van der Waals surface area (Å²) in [6.45, 7) is 5.70. The maximum Gasteiger partial charge on any atom is 0.258 e. The molecule has 2 fully saturated rings. The predicted molar refractivity (Wildman–Crippen MR) is 157 cm³/mol. The van der Waals surface area contributed by atoms with Crippen molar-refractivity contribution in [3.05, 3.63) is 77.3 Å². The maximum atomic E-state index is 13.0. The van der Waals surface area contributed by atoms with Gasteiger partial charge in [-0.2, -0.15) is 0 Å². The molecule has 1 aromatic heterocycles. The monoisotopic (exact) mass is 541 g/mol. The third kappa shape index (κ3) is 6.00. The Kier molecular flexibility index (Phi) is 7.61. The summed E-state index contributed by atoms with van der Waals surface area (Å²) in [5.74, 6) is 1.21. The molecule has 3 aromatic carbocycles. The number of rotatable bonds is 8. The van der Waals surface area contributed by atoms with Crippen LogP contribution in [-0.2, 0) is 0 Å². The van der Waals surface area contributed by atoms with E-state index in [1.54, 1.807) is 0 Å². The van der Waals surface area contributed by atoms with Gasteiger partial charge in [0.2, 0.25) is 0 Å². The number of likely N-dealkylation sites (tertiary alicyclic amines) is 1. The zero-order valence-electron chi connectivity index (χ0n) is 21.9. The fraction of sp³-hybridized carbons (Fsp3) is 0.323. The van der Waals surface area contributed by atoms with Crippen LogP contribution in [0, 0.1) is 0 Å². The molecule has 0 radical (unpaired) electrons. The van der Waals surface area contributed by atoms with Crippen molar-refractivity contribution in [1.82, 2.24) is 14.9 Å². The molecule has 1 amide bonds. The molecule has 200 valence electrons. The molecule has 0 atom stereocenters. The van der Waals surface area contributed by atoms with Crippen molar-refractivity contribution in [3.8, 4) is 17.0 Å². The highest BCUT2D eigenvalue weighted by Crippen LogP contribution is 2.31. The summed E-state index contributed by atoms with van der Waals surface area (Å²) >= 11 is 6.13. The number of halogens is 1. The van der Waals surface area contributed by atoms with E-state index < -0.39 is 0 Å². The lowest BCUT2D eigenvalue weighted by Crippen LogP contribution is -2.26. The van der Waals surface area contributed by atoms with Gasteiger partial charge < -0.3 is 15.0 Å². The fourth-order valence-electron chi connectivity index (χ4n) is 5.30. The van der Waals surface area contributed by atoms with Crippen LogP contribution in [0.3, 0.4) is 0 Å². The minimum atomic E-state index is -0.179. The molecule has 0 saturated carbocycles. The largest absolute Gasteiger partial charge is 0.474 e. The summed E-state index contributed by atoms with van der Waals surface area (Å²) in [6, 6.07) is 20.8. The average molecular weight is 542 g/mol. The topological polar surface area (TPSA) is 70.6 Å². The second-order valence-corrected chi connectivity index (χ2v) is 10.6. The van der Waals surface area contributed by atoms with Gasteiger partial charge in [0.1, 0.15) is 6.61 Å². The van der Waals surface area contributed by atoms with Gasteiger partial charge in [0.25, 0.3) is 11.8 Å². The Morgan fingerprint density at radius 2 is 1.62 bits per heavy atom. The zero-order valence-corrected chi connectivity index (χ0v) is 22.7. The second kappa shape index (κ2) is 11.6. The van der Waals surface area contributed by atoms with Crippen LogP contribution in [-0.4, -0.2) is 60.1 Å². The smallest absolute Gasteiger partial charge is 0.258 e. The Balaban J connectivity index is 1.19. The number of anilines is 2. The van der Waals surface area contributed by atoms with E-state index in [1.165, 1.54) is 12.8 Å². The summed E-state index contributed by atoms with van der Waals surface area (Å²) < 4.78 is 6.19. The average Bonchev–Trinajstić information content (AvgIpc) is 3.68. The van der Waals surface area contributed by atoms with Gasteiger partial charge in [0.05, 0.1) is 11.0 Å². The number of aromatic nitrogens is 2. The molecule has 0 bridgehead atoms. The normalized spacial score (nSPS) is 15.7. The number of nitrogens with one attached hydrogen (secondary N) is 1. The molecule has 2 saturated heterocycles. The lowest BCUT2D eigenvalue weighted by atomic mass is 10.0. The van der Waals surface area contributed by atoms with Crippen molar-refractivity contribution in [2.24, 2.45) is 0 Å². The van der Waals surface area contributed by atoms with E-state index in [2.05, 4.69) is 15.1 Å². The minimum Gasteiger partial charge on any atom is -0.474 e. The van der Waals surface area contributed by atoms with Crippen LogP contribution >= 0.6 is 11.6 Å². The molecule has 3 heterocycles. The van der Waals surface area contributed by atoms with E-state index in [-0.39, 0.29) is 5.91 Å². The van der Waals surface area contributed by atoms with Crippen LogP contribution in [0.15, 0.2) is 66.7 Å². The number of ether oxygens (including phenoxy) is 1.